The fourth-order valence-electron chi connectivity index (χ4n) is 0.962. The lowest BCUT2D eigenvalue weighted by atomic mass is 10.2. The molecule has 0 amide bonds. The summed E-state index contributed by atoms with van der Waals surface area (Å²) in [6.07, 6.45) is 1.08. The highest BCUT2D eigenvalue weighted by Gasteiger charge is 2.04. The van der Waals surface area contributed by atoms with Crippen molar-refractivity contribution >= 4 is 15.7 Å². The second-order valence-electron chi connectivity index (χ2n) is 2.87. The minimum absolute atomic E-state index is 0.122. The van der Waals surface area contributed by atoms with Crippen LogP contribution in [-0.2, 0) is 10.0 Å². The molecule has 0 heterocycles. The van der Waals surface area contributed by atoms with Gasteiger partial charge in [0, 0.05) is 0 Å². The van der Waals surface area contributed by atoms with Gasteiger partial charge in [0.2, 0.25) is 10.0 Å². The Morgan fingerprint density at radius 2 is 2.00 bits per heavy atom. The molecule has 0 spiro atoms. The SMILES string of the molecule is Cc1cc(O)ccc1NS(C)(=O)=O. The maximum absolute atomic E-state index is 10.9. The molecule has 5 heteroatoms. The average Bonchev–Trinajstić information content (AvgIpc) is 1.93. The van der Waals surface area contributed by atoms with Crippen LogP contribution in [0.2, 0.25) is 0 Å². The Labute approximate surface area is 77.3 Å². The van der Waals surface area contributed by atoms with E-state index in [0.717, 1.165) is 6.26 Å². The molecular weight excluding hydrogens is 190 g/mol. The Morgan fingerprint density at radius 3 is 2.46 bits per heavy atom. The first kappa shape index (κ1) is 9.85. The van der Waals surface area contributed by atoms with Crippen molar-refractivity contribution in [1.82, 2.24) is 0 Å². The van der Waals surface area contributed by atoms with E-state index in [0.29, 0.717) is 11.3 Å². The number of phenolic OH excluding ortho intramolecular Hbond substituents is 1. The van der Waals surface area contributed by atoms with Gasteiger partial charge in [0.1, 0.15) is 5.75 Å². The molecule has 2 N–H and O–H groups in total. The van der Waals surface area contributed by atoms with Gasteiger partial charge < -0.3 is 5.11 Å². The van der Waals surface area contributed by atoms with Crippen molar-refractivity contribution in [3.8, 4) is 5.75 Å². The third-order valence-corrected chi connectivity index (χ3v) is 2.10. The summed E-state index contributed by atoms with van der Waals surface area (Å²) in [6.45, 7) is 1.72. The molecule has 0 saturated heterocycles. The van der Waals surface area contributed by atoms with Crippen molar-refractivity contribution in [2.24, 2.45) is 0 Å². The van der Waals surface area contributed by atoms with Gasteiger partial charge in [-0.15, -0.1) is 0 Å². The molecule has 0 aliphatic heterocycles. The highest BCUT2D eigenvalue weighted by atomic mass is 32.2. The number of benzene rings is 1. The molecule has 1 aromatic rings. The van der Waals surface area contributed by atoms with Crippen molar-refractivity contribution in [2.45, 2.75) is 6.92 Å². The van der Waals surface area contributed by atoms with E-state index in [4.69, 9.17) is 5.11 Å². The smallest absolute Gasteiger partial charge is 0.229 e. The second-order valence-corrected chi connectivity index (χ2v) is 4.62. The summed E-state index contributed by atoms with van der Waals surface area (Å²) >= 11 is 0. The summed E-state index contributed by atoms with van der Waals surface area (Å²) in [6, 6.07) is 4.44. The molecule has 0 atom stereocenters. The summed E-state index contributed by atoms with van der Waals surface area (Å²) in [7, 11) is -3.24. The van der Waals surface area contributed by atoms with Crippen LogP contribution in [-0.4, -0.2) is 19.8 Å². The van der Waals surface area contributed by atoms with Gasteiger partial charge in [0.05, 0.1) is 11.9 Å². The van der Waals surface area contributed by atoms with Crippen LogP contribution in [0, 0.1) is 6.92 Å². The lowest BCUT2D eigenvalue weighted by Gasteiger charge is -2.06. The normalized spacial score (nSPS) is 11.2. The number of anilines is 1. The largest absolute Gasteiger partial charge is 0.508 e. The highest BCUT2D eigenvalue weighted by molar-refractivity contribution is 7.92. The van der Waals surface area contributed by atoms with Gasteiger partial charge >= 0.3 is 0 Å². The summed E-state index contributed by atoms with van der Waals surface area (Å²) in [5, 5.41) is 9.06. The van der Waals surface area contributed by atoms with Crippen molar-refractivity contribution < 1.29 is 13.5 Å². The number of sulfonamides is 1. The Hall–Kier alpha value is -1.23. The third kappa shape index (κ3) is 2.95. The predicted octanol–water partition coefficient (Wildman–Crippen LogP) is 1.07. The van der Waals surface area contributed by atoms with Crippen LogP contribution in [0.25, 0.3) is 0 Å². The zero-order chi connectivity index (χ0) is 10.1. The number of aryl methyl sites for hydroxylation is 1. The number of aromatic hydroxyl groups is 1. The first-order valence-electron chi connectivity index (χ1n) is 3.66. The van der Waals surface area contributed by atoms with E-state index in [1.807, 2.05) is 0 Å². The van der Waals surface area contributed by atoms with Crippen LogP contribution in [0.1, 0.15) is 5.56 Å². The molecule has 0 bridgehead atoms. The predicted molar refractivity (Wildman–Crippen MR) is 51.3 cm³/mol. The van der Waals surface area contributed by atoms with E-state index >= 15 is 0 Å². The molecule has 0 unspecified atom stereocenters. The molecule has 13 heavy (non-hydrogen) atoms. The molecule has 72 valence electrons. The molecule has 1 aromatic carbocycles. The molecule has 0 aliphatic rings. The zero-order valence-corrected chi connectivity index (χ0v) is 8.22. The maximum atomic E-state index is 10.9. The first-order valence-corrected chi connectivity index (χ1v) is 5.55. The topological polar surface area (TPSA) is 66.4 Å². The summed E-state index contributed by atoms with van der Waals surface area (Å²) in [4.78, 5) is 0. The molecule has 0 aliphatic carbocycles. The number of rotatable bonds is 2. The minimum Gasteiger partial charge on any atom is -0.508 e. The molecule has 0 radical (unpaired) electrons. The standard InChI is InChI=1S/C8H11NO3S/c1-6-5-7(10)3-4-8(6)9-13(2,11)12/h3-5,9-10H,1-2H3. The van der Waals surface area contributed by atoms with Crippen LogP contribution >= 0.6 is 0 Å². The Balaban J connectivity index is 3.04. The van der Waals surface area contributed by atoms with Crippen LogP contribution < -0.4 is 4.72 Å². The fraction of sp³-hybridized carbons (Fsp3) is 0.250. The molecule has 0 aromatic heterocycles. The van der Waals surface area contributed by atoms with Gasteiger partial charge in [-0.1, -0.05) is 0 Å². The van der Waals surface area contributed by atoms with E-state index in [1.165, 1.54) is 18.2 Å². The van der Waals surface area contributed by atoms with Gasteiger partial charge in [0.25, 0.3) is 0 Å². The highest BCUT2D eigenvalue weighted by Crippen LogP contribution is 2.20. The second kappa shape index (κ2) is 3.26. The van der Waals surface area contributed by atoms with E-state index in [-0.39, 0.29) is 5.75 Å². The van der Waals surface area contributed by atoms with Gasteiger partial charge in [-0.3, -0.25) is 4.72 Å². The van der Waals surface area contributed by atoms with Crippen molar-refractivity contribution in [1.29, 1.82) is 0 Å². The van der Waals surface area contributed by atoms with Crippen LogP contribution in [0.4, 0.5) is 5.69 Å². The minimum atomic E-state index is -3.24. The van der Waals surface area contributed by atoms with E-state index < -0.39 is 10.0 Å². The average molecular weight is 201 g/mol. The Morgan fingerprint density at radius 1 is 1.38 bits per heavy atom. The molecule has 0 fully saturated rings. The Kier molecular flexibility index (Phi) is 2.47. The lowest BCUT2D eigenvalue weighted by Crippen LogP contribution is -2.10. The maximum Gasteiger partial charge on any atom is 0.229 e. The van der Waals surface area contributed by atoms with E-state index in [1.54, 1.807) is 6.92 Å². The van der Waals surface area contributed by atoms with Crippen molar-refractivity contribution in [2.75, 3.05) is 11.0 Å². The zero-order valence-electron chi connectivity index (χ0n) is 7.40. The van der Waals surface area contributed by atoms with Gasteiger partial charge in [-0.2, -0.15) is 0 Å². The van der Waals surface area contributed by atoms with Crippen molar-refractivity contribution in [3.63, 3.8) is 0 Å². The Bertz CT molecular complexity index is 411. The number of phenols is 1. The first-order chi connectivity index (χ1) is 5.88. The number of hydrogen-bond donors (Lipinski definition) is 2. The number of nitrogens with one attached hydrogen (secondary N) is 1. The fourth-order valence-corrected chi connectivity index (χ4v) is 1.59. The lowest BCUT2D eigenvalue weighted by molar-refractivity contribution is 0.475. The summed E-state index contributed by atoms with van der Waals surface area (Å²) in [5.74, 6) is 0.122. The van der Waals surface area contributed by atoms with E-state index in [9.17, 15) is 8.42 Å². The van der Waals surface area contributed by atoms with Crippen LogP contribution in [0.5, 0.6) is 5.75 Å². The van der Waals surface area contributed by atoms with E-state index in [2.05, 4.69) is 4.72 Å². The van der Waals surface area contributed by atoms with Gasteiger partial charge in [0.15, 0.2) is 0 Å². The summed E-state index contributed by atoms with van der Waals surface area (Å²) < 4.78 is 24.1. The van der Waals surface area contributed by atoms with Crippen LogP contribution in [0.15, 0.2) is 18.2 Å². The quantitative estimate of drug-likeness (QED) is 0.703. The van der Waals surface area contributed by atoms with Crippen LogP contribution in [0.3, 0.4) is 0 Å². The monoisotopic (exact) mass is 201 g/mol. The van der Waals surface area contributed by atoms with Crippen molar-refractivity contribution in [3.05, 3.63) is 23.8 Å². The van der Waals surface area contributed by atoms with Gasteiger partial charge in [-0.25, -0.2) is 8.42 Å². The molecule has 1 rings (SSSR count). The summed E-state index contributed by atoms with van der Waals surface area (Å²) in [5.41, 5.74) is 1.17. The number of hydrogen-bond acceptors (Lipinski definition) is 3. The molecule has 4 nitrogen and oxygen atoms in total. The van der Waals surface area contributed by atoms with Gasteiger partial charge in [-0.05, 0) is 30.7 Å². The third-order valence-electron chi connectivity index (χ3n) is 1.51. The molecule has 0 saturated carbocycles. The molecular formula is C8H11NO3S.